The van der Waals surface area contributed by atoms with Crippen LogP contribution in [0.2, 0.25) is 0 Å². The van der Waals surface area contributed by atoms with Crippen molar-refractivity contribution in [2.24, 2.45) is 0 Å². The van der Waals surface area contributed by atoms with Gasteiger partial charge in [0.1, 0.15) is 13.2 Å². The molecule has 0 radical (unpaired) electrons. The van der Waals surface area contributed by atoms with Gasteiger partial charge in [0, 0.05) is 19.3 Å². The maximum Gasteiger partial charge on any atom is 0.306 e. The number of ether oxygens (including phenoxy) is 3. The van der Waals surface area contributed by atoms with Crippen LogP contribution in [0.3, 0.4) is 0 Å². The molecule has 68 heavy (non-hydrogen) atoms. The molecule has 6 heteroatoms. The minimum atomic E-state index is -0.779. The zero-order valence-corrected chi connectivity index (χ0v) is 45.4. The quantitative estimate of drug-likeness (QED) is 0.0262. The van der Waals surface area contributed by atoms with E-state index in [0.29, 0.717) is 19.3 Å². The molecule has 396 valence electrons. The van der Waals surface area contributed by atoms with Crippen LogP contribution >= 0.6 is 0 Å². The number of hydrogen-bond acceptors (Lipinski definition) is 6. The minimum Gasteiger partial charge on any atom is -0.462 e. The zero-order chi connectivity index (χ0) is 49.3. The molecule has 0 unspecified atom stereocenters. The van der Waals surface area contributed by atoms with Crippen LogP contribution in [0.4, 0.5) is 0 Å². The highest BCUT2D eigenvalue weighted by molar-refractivity contribution is 5.71. The largest absolute Gasteiger partial charge is 0.462 e. The van der Waals surface area contributed by atoms with Gasteiger partial charge in [0.05, 0.1) is 0 Å². The van der Waals surface area contributed by atoms with E-state index in [-0.39, 0.29) is 31.1 Å². The molecule has 0 saturated carbocycles. The third-order valence-corrected chi connectivity index (χ3v) is 13.1. The van der Waals surface area contributed by atoms with E-state index in [1.165, 1.54) is 173 Å². The number of allylic oxidation sites excluding steroid dienone is 8. The Bertz CT molecular complexity index is 1190. The molecule has 0 aliphatic rings. The topological polar surface area (TPSA) is 78.9 Å². The molecule has 0 saturated heterocycles. The highest BCUT2D eigenvalue weighted by Crippen LogP contribution is 2.17. The van der Waals surface area contributed by atoms with Gasteiger partial charge >= 0.3 is 17.9 Å². The van der Waals surface area contributed by atoms with Crippen LogP contribution in [-0.4, -0.2) is 37.2 Å². The maximum atomic E-state index is 12.9. The van der Waals surface area contributed by atoms with Gasteiger partial charge in [0.2, 0.25) is 0 Å². The van der Waals surface area contributed by atoms with Crippen molar-refractivity contribution in [2.75, 3.05) is 13.2 Å². The van der Waals surface area contributed by atoms with Crippen molar-refractivity contribution < 1.29 is 28.6 Å². The van der Waals surface area contributed by atoms with E-state index >= 15 is 0 Å². The van der Waals surface area contributed by atoms with Crippen LogP contribution in [0.1, 0.15) is 310 Å². The fourth-order valence-electron chi connectivity index (χ4n) is 8.63. The van der Waals surface area contributed by atoms with Crippen molar-refractivity contribution in [3.05, 3.63) is 48.6 Å². The summed E-state index contributed by atoms with van der Waals surface area (Å²) in [7, 11) is 0. The van der Waals surface area contributed by atoms with Gasteiger partial charge in [-0.1, -0.05) is 262 Å². The number of esters is 3. The fourth-order valence-corrected chi connectivity index (χ4v) is 8.63. The second-order valence-electron chi connectivity index (χ2n) is 19.9. The Morgan fingerprint density at radius 3 is 0.912 bits per heavy atom. The predicted molar refractivity (Wildman–Crippen MR) is 293 cm³/mol. The van der Waals surface area contributed by atoms with Crippen LogP contribution < -0.4 is 0 Å². The molecule has 6 nitrogen and oxygen atoms in total. The molecule has 0 fully saturated rings. The van der Waals surface area contributed by atoms with Gasteiger partial charge in [-0.3, -0.25) is 14.4 Å². The molecule has 0 heterocycles. The van der Waals surface area contributed by atoms with E-state index in [1.807, 2.05) is 0 Å². The molecule has 0 aliphatic carbocycles. The Labute approximate surface area is 422 Å². The minimum absolute atomic E-state index is 0.0766. The molecule has 0 rings (SSSR count). The Hall–Kier alpha value is -2.63. The van der Waals surface area contributed by atoms with Crippen molar-refractivity contribution in [1.29, 1.82) is 0 Å². The zero-order valence-electron chi connectivity index (χ0n) is 45.4. The maximum absolute atomic E-state index is 12.9. The number of rotatable bonds is 54. The standard InChI is InChI=1S/C62H112O6/c1-4-7-10-13-16-19-22-25-28-30-31-32-35-37-40-43-46-49-52-55-61(64)67-58-59(57-66-60(63)54-51-48-45-42-39-36-33-27-24-21-18-15-12-9-6-3)68-62(65)56-53-50-47-44-41-38-34-29-26-23-20-17-14-11-8-5-2/h9,12,18,21,25,27-28,33,59H,4-8,10-11,13-17,19-20,22-24,26,29-32,34-58H2,1-3H3/b12-9-,21-18-,28-25-,33-27-/t59-/m1/s1. The van der Waals surface area contributed by atoms with Crippen molar-refractivity contribution >= 4 is 17.9 Å². The lowest BCUT2D eigenvalue weighted by Crippen LogP contribution is -2.30. The first-order valence-electron chi connectivity index (χ1n) is 29.6. The van der Waals surface area contributed by atoms with Crippen molar-refractivity contribution in [2.45, 2.75) is 316 Å². The monoisotopic (exact) mass is 953 g/mol. The normalized spacial score (nSPS) is 12.3. The first-order chi connectivity index (χ1) is 33.5. The summed E-state index contributed by atoms with van der Waals surface area (Å²) >= 11 is 0. The Kier molecular flexibility index (Phi) is 54.8. The van der Waals surface area contributed by atoms with Gasteiger partial charge < -0.3 is 14.2 Å². The summed E-state index contributed by atoms with van der Waals surface area (Å²) in [5.41, 5.74) is 0. The van der Waals surface area contributed by atoms with Gasteiger partial charge in [-0.05, 0) is 77.0 Å². The third kappa shape index (κ3) is 54.3. The Morgan fingerprint density at radius 1 is 0.309 bits per heavy atom. The lowest BCUT2D eigenvalue weighted by atomic mass is 10.0. The van der Waals surface area contributed by atoms with Gasteiger partial charge in [-0.25, -0.2) is 0 Å². The summed E-state index contributed by atoms with van der Waals surface area (Å²) in [5, 5.41) is 0. The first-order valence-corrected chi connectivity index (χ1v) is 29.6. The molecule has 0 N–H and O–H groups in total. The number of hydrogen-bond donors (Lipinski definition) is 0. The Balaban J connectivity index is 4.35. The van der Waals surface area contributed by atoms with E-state index < -0.39 is 6.10 Å². The van der Waals surface area contributed by atoms with E-state index in [4.69, 9.17) is 14.2 Å². The summed E-state index contributed by atoms with van der Waals surface area (Å²) in [6.07, 6.45) is 69.6. The molecule has 0 aromatic heterocycles. The molecule has 0 aromatic carbocycles. The highest BCUT2D eigenvalue weighted by Gasteiger charge is 2.19. The summed E-state index contributed by atoms with van der Waals surface area (Å²) in [6.45, 7) is 6.55. The molecule has 0 aliphatic heterocycles. The van der Waals surface area contributed by atoms with Crippen molar-refractivity contribution in [3.8, 4) is 0 Å². The molecule has 0 aromatic rings. The average molecular weight is 954 g/mol. The van der Waals surface area contributed by atoms with Crippen LogP contribution in [0.15, 0.2) is 48.6 Å². The molecule has 0 amide bonds. The van der Waals surface area contributed by atoms with Crippen LogP contribution in [0.5, 0.6) is 0 Å². The molecular weight excluding hydrogens is 841 g/mol. The lowest BCUT2D eigenvalue weighted by Gasteiger charge is -2.18. The molecule has 0 bridgehead atoms. The van der Waals surface area contributed by atoms with Gasteiger partial charge in [-0.2, -0.15) is 0 Å². The lowest BCUT2D eigenvalue weighted by molar-refractivity contribution is -0.167. The van der Waals surface area contributed by atoms with E-state index in [2.05, 4.69) is 69.4 Å². The van der Waals surface area contributed by atoms with Crippen molar-refractivity contribution in [1.82, 2.24) is 0 Å². The van der Waals surface area contributed by atoms with Crippen molar-refractivity contribution in [3.63, 3.8) is 0 Å². The third-order valence-electron chi connectivity index (χ3n) is 13.1. The van der Waals surface area contributed by atoms with Crippen LogP contribution in [0, 0.1) is 0 Å². The Morgan fingerprint density at radius 2 is 0.574 bits per heavy atom. The summed E-state index contributed by atoms with van der Waals surface area (Å²) < 4.78 is 16.9. The van der Waals surface area contributed by atoms with Gasteiger partial charge in [0.15, 0.2) is 6.10 Å². The van der Waals surface area contributed by atoms with Crippen LogP contribution in [-0.2, 0) is 28.6 Å². The van der Waals surface area contributed by atoms with E-state index in [1.54, 1.807) is 0 Å². The predicted octanol–water partition coefficient (Wildman–Crippen LogP) is 19.8. The molecule has 1 atom stereocenters. The van der Waals surface area contributed by atoms with Gasteiger partial charge in [-0.15, -0.1) is 0 Å². The number of unbranched alkanes of at least 4 members (excludes halogenated alkanes) is 35. The average Bonchev–Trinajstić information content (AvgIpc) is 3.34. The number of carbonyl (C=O) groups excluding carboxylic acids is 3. The van der Waals surface area contributed by atoms with E-state index in [0.717, 1.165) is 96.3 Å². The van der Waals surface area contributed by atoms with Crippen LogP contribution in [0.25, 0.3) is 0 Å². The molecule has 0 spiro atoms. The second kappa shape index (κ2) is 57.0. The summed E-state index contributed by atoms with van der Waals surface area (Å²) in [5.74, 6) is -0.879. The SMILES string of the molecule is CC/C=C\C/C=C\C/C=C\CCCCCCCC(=O)OC[C@H](COC(=O)CCCCCCCCCCC/C=C\CCCCCCCC)OC(=O)CCCCCCCCCCCCCCCCCC. The first kappa shape index (κ1) is 65.4. The fraction of sp³-hybridized carbons (Fsp3) is 0.823. The highest BCUT2D eigenvalue weighted by atomic mass is 16.6. The molecular formula is C62H112O6. The number of carbonyl (C=O) groups is 3. The summed E-state index contributed by atoms with van der Waals surface area (Å²) in [4.78, 5) is 38.2. The summed E-state index contributed by atoms with van der Waals surface area (Å²) in [6, 6.07) is 0. The van der Waals surface area contributed by atoms with Gasteiger partial charge in [0.25, 0.3) is 0 Å². The smallest absolute Gasteiger partial charge is 0.306 e. The van der Waals surface area contributed by atoms with E-state index in [9.17, 15) is 14.4 Å². The second-order valence-corrected chi connectivity index (χ2v) is 19.9.